The maximum atomic E-state index is 2.55. The van der Waals surface area contributed by atoms with Gasteiger partial charge in [-0.1, -0.05) is 195 Å². The van der Waals surface area contributed by atoms with Crippen LogP contribution in [0.15, 0.2) is 200 Å². The van der Waals surface area contributed by atoms with Gasteiger partial charge in [-0.15, -0.1) is 0 Å². The van der Waals surface area contributed by atoms with Crippen LogP contribution in [0.4, 0.5) is 17.1 Å². The molecule has 1 spiro atoms. The average Bonchev–Trinajstić information content (AvgIpc) is 3.55. The fourth-order valence-corrected chi connectivity index (χ4v) is 10.3. The van der Waals surface area contributed by atoms with E-state index < -0.39 is 0 Å². The van der Waals surface area contributed by atoms with Gasteiger partial charge in [0.05, 0.1) is 11.4 Å². The normalized spacial score (nSPS) is 14.1. The molecule has 1 heteroatoms. The quantitative estimate of drug-likeness (QED) is 0.154. The molecule has 0 amide bonds. The zero-order valence-corrected chi connectivity index (χ0v) is 32.0. The first-order valence-electron chi connectivity index (χ1n) is 20.6. The van der Waals surface area contributed by atoms with Crippen molar-refractivity contribution in [2.75, 3.05) is 4.90 Å². The minimum absolute atomic E-state index is 0.103. The maximum Gasteiger partial charge on any atom is 0.0546 e. The van der Waals surface area contributed by atoms with Crippen LogP contribution in [0.1, 0.15) is 43.2 Å². The van der Waals surface area contributed by atoms with Crippen LogP contribution in [-0.2, 0) is 5.41 Å². The largest absolute Gasteiger partial charge is 0.309 e. The molecule has 0 unspecified atom stereocenters. The van der Waals surface area contributed by atoms with Crippen molar-refractivity contribution in [3.63, 3.8) is 0 Å². The van der Waals surface area contributed by atoms with Crippen LogP contribution in [0.25, 0.3) is 66.1 Å². The lowest BCUT2D eigenvalue weighted by Crippen LogP contribution is -2.28. The summed E-state index contributed by atoms with van der Waals surface area (Å²) in [6.45, 7) is 0. The molecular weight excluding hydrogens is 687 g/mol. The van der Waals surface area contributed by atoms with Gasteiger partial charge in [0, 0.05) is 22.1 Å². The standard InChI is InChI=1S/C56H43N/c1-3-19-39(20-4-1)42-22-7-8-24-44(42)46-26-9-10-27-47(46)49-29-14-16-32-54(49)57(55-37-40-21-5-6-23-43(40)45-25-11-12-30-50(45)55)41-33-34-53-51(38-41)48-28-13-15-31-52(48)56(53)35-17-2-18-36-56/h1,3-16,19-34,37-38H,2,17-18,35-36H2. The number of anilines is 3. The number of nitrogens with zero attached hydrogens (tertiary/aromatic N) is 1. The Kier molecular flexibility index (Phi) is 8.14. The Morgan fingerprint density at radius 1 is 0.333 bits per heavy atom. The highest BCUT2D eigenvalue weighted by Crippen LogP contribution is 2.57. The third-order valence-electron chi connectivity index (χ3n) is 12.9. The van der Waals surface area contributed by atoms with Crippen LogP contribution in [0.3, 0.4) is 0 Å². The fourth-order valence-electron chi connectivity index (χ4n) is 10.3. The van der Waals surface area contributed by atoms with Crippen molar-refractivity contribution in [2.24, 2.45) is 0 Å². The molecule has 272 valence electrons. The molecule has 0 N–H and O–H groups in total. The van der Waals surface area contributed by atoms with E-state index in [-0.39, 0.29) is 5.41 Å². The van der Waals surface area contributed by atoms with Gasteiger partial charge in [-0.25, -0.2) is 0 Å². The molecule has 2 aliphatic carbocycles. The van der Waals surface area contributed by atoms with E-state index in [4.69, 9.17) is 0 Å². The molecule has 1 nitrogen and oxygen atoms in total. The molecule has 0 aliphatic heterocycles. The highest BCUT2D eigenvalue weighted by Gasteiger charge is 2.43. The summed E-state index contributed by atoms with van der Waals surface area (Å²) in [5.41, 5.74) is 16.7. The first-order chi connectivity index (χ1) is 28.3. The number of fused-ring (bicyclic) bond motifs is 8. The molecule has 1 fully saturated rings. The summed E-state index contributed by atoms with van der Waals surface area (Å²) in [5, 5.41) is 5.00. The number of hydrogen-bond acceptors (Lipinski definition) is 1. The van der Waals surface area contributed by atoms with Crippen LogP contribution in [0.2, 0.25) is 0 Å². The lowest BCUT2D eigenvalue weighted by Gasteiger charge is -2.36. The monoisotopic (exact) mass is 729 g/mol. The smallest absolute Gasteiger partial charge is 0.0546 e. The van der Waals surface area contributed by atoms with Crippen LogP contribution in [0, 0.1) is 0 Å². The second kappa shape index (κ2) is 13.8. The van der Waals surface area contributed by atoms with Gasteiger partial charge in [-0.3, -0.25) is 0 Å². The first-order valence-corrected chi connectivity index (χ1v) is 20.6. The lowest BCUT2D eigenvalue weighted by atomic mass is 9.68. The Balaban J connectivity index is 1.18. The molecule has 0 aromatic heterocycles. The predicted octanol–water partition coefficient (Wildman–Crippen LogP) is 15.7. The molecule has 2 aliphatic rings. The lowest BCUT2D eigenvalue weighted by molar-refractivity contribution is 0.353. The highest BCUT2D eigenvalue weighted by atomic mass is 15.1. The molecule has 1 saturated carbocycles. The van der Waals surface area contributed by atoms with E-state index in [1.165, 1.54) is 121 Å². The van der Waals surface area contributed by atoms with Gasteiger partial charge in [0.15, 0.2) is 0 Å². The Morgan fingerprint density at radius 3 is 1.65 bits per heavy atom. The van der Waals surface area contributed by atoms with E-state index in [0.717, 1.165) is 5.69 Å². The first kappa shape index (κ1) is 33.6. The predicted molar refractivity (Wildman–Crippen MR) is 242 cm³/mol. The van der Waals surface area contributed by atoms with Crippen LogP contribution in [0.5, 0.6) is 0 Å². The maximum absolute atomic E-state index is 2.55. The van der Waals surface area contributed by atoms with Crippen molar-refractivity contribution in [3.05, 3.63) is 211 Å². The molecule has 9 aromatic carbocycles. The van der Waals surface area contributed by atoms with Crippen LogP contribution in [-0.4, -0.2) is 0 Å². The Morgan fingerprint density at radius 2 is 0.877 bits per heavy atom. The van der Waals surface area contributed by atoms with Crippen molar-refractivity contribution in [2.45, 2.75) is 37.5 Å². The van der Waals surface area contributed by atoms with Crippen molar-refractivity contribution >= 4 is 38.6 Å². The highest BCUT2D eigenvalue weighted by molar-refractivity contribution is 6.15. The minimum atomic E-state index is 0.103. The molecule has 0 saturated heterocycles. The summed E-state index contributed by atoms with van der Waals surface area (Å²) in [4.78, 5) is 2.55. The van der Waals surface area contributed by atoms with Crippen molar-refractivity contribution in [1.82, 2.24) is 0 Å². The third-order valence-corrected chi connectivity index (χ3v) is 12.9. The van der Waals surface area contributed by atoms with E-state index >= 15 is 0 Å². The average molecular weight is 730 g/mol. The number of benzene rings is 9. The second-order valence-electron chi connectivity index (χ2n) is 15.9. The summed E-state index contributed by atoms with van der Waals surface area (Å²) in [5.74, 6) is 0. The van der Waals surface area contributed by atoms with Gasteiger partial charge < -0.3 is 4.90 Å². The summed E-state index contributed by atoms with van der Waals surface area (Å²) in [6, 6.07) is 74.5. The SMILES string of the molecule is c1ccc(-c2ccccc2-c2ccccc2-c2ccccc2N(c2ccc3c(c2)-c2ccccc2C32CCCCC2)c2cc3ccccc3c3ccccc23)cc1. The van der Waals surface area contributed by atoms with Gasteiger partial charge in [0.25, 0.3) is 0 Å². The molecular formula is C56H43N. The van der Waals surface area contributed by atoms with E-state index in [2.05, 4.69) is 205 Å². The van der Waals surface area contributed by atoms with Crippen molar-refractivity contribution < 1.29 is 0 Å². The summed E-state index contributed by atoms with van der Waals surface area (Å²) < 4.78 is 0. The molecule has 57 heavy (non-hydrogen) atoms. The fraction of sp³-hybridized carbons (Fsp3) is 0.107. The summed E-state index contributed by atoms with van der Waals surface area (Å²) in [7, 11) is 0. The van der Waals surface area contributed by atoms with E-state index in [0.29, 0.717) is 0 Å². The van der Waals surface area contributed by atoms with Gasteiger partial charge >= 0.3 is 0 Å². The molecule has 0 atom stereocenters. The van der Waals surface area contributed by atoms with E-state index in [9.17, 15) is 0 Å². The van der Waals surface area contributed by atoms with E-state index in [1.54, 1.807) is 0 Å². The van der Waals surface area contributed by atoms with Crippen molar-refractivity contribution in [3.8, 4) is 44.5 Å². The minimum Gasteiger partial charge on any atom is -0.309 e. The summed E-state index contributed by atoms with van der Waals surface area (Å²) in [6.07, 6.45) is 6.34. The Bertz CT molecular complexity index is 2950. The summed E-state index contributed by atoms with van der Waals surface area (Å²) >= 11 is 0. The van der Waals surface area contributed by atoms with Gasteiger partial charge in [0.1, 0.15) is 0 Å². The van der Waals surface area contributed by atoms with Crippen molar-refractivity contribution in [1.29, 1.82) is 0 Å². The number of hydrogen-bond donors (Lipinski definition) is 0. The van der Waals surface area contributed by atoms with Gasteiger partial charge in [0.2, 0.25) is 0 Å². The van der Waals surface area contributed by atoms with E-state index in [1.807, 2.05) is 0 Å². The third kappa shape index (κ3) is 5.45. The van der Waals surface area contributed by atoms with Gasteiger partial charge in [-0.2, -0.15) is 0 Å². The van der Waals surface area contributed by atoms with Gasteiger partial charge in [-0.05, 0) is 103 Å². The Labute approximate surface area is 335 Å². The molecule has 0 bridgehead atoms. The Hall–Kier alpha value is -6.70. The molecule has 11 rings (SSSR count). The molecule has 0 heterocycles. The second-order valence-corrected chi connectivity index (χ2v) is 15.9. The van der Waals surface area contributed by atoms with Crippen LogP contribution >= 0.6 is 0 Å². The number of rotatable bonds is 6. The topological polar surface area (TPSA) is 3.24 Å². The zero-order valence-electron chi connectivity index (χ0n) is 32.0. The number of para-hydroxylation sites is 1. The molecule has 0 radical (unpaired) electrons. The zero-order chi connectivity index (χ0) is 37.8. The van der Waals surface area contributed by atoms with Crippen LogP contribution < -0.4 is 4.90 Å². The molecule has 9 aromatic rings.